The molecule has 0 amide bonds. The molecule has 0 atom stereocenters. The van der Waals surface area contributed by atoms with Gasteiger partial charge in [-0.3, -0.25) is 0 Å². The molecule has 0 aliphatic heterocycles. The Labute approximate surface area is 63.0 Å². The Morgan fingerprint density at radius 1 is 1.30 bits per heavy atom. The molecule has 0 aromatic carbocycles. The van der Waals surface area contributed by atoms with Gasteiger partial charge in [-0.15, -0.1) is 0 Å². The Bertz CT molecular complexity index is 94.3. The second kappa shape index (κ2) is 3.40. The van der Waals surface area contributed by atoms with Crippen LogP contribution in [0.25, 0.3) is 0 Å². The molecular weight excluding hydrogens is 127 g/mol. The van der Waals surface area contributed by atoms with Crippen molar-refractivity contribution in [3.63, 3.8) is 0 Å². The predicted molar refractivity (Wildman–Crippen MR) is 42.5 cm³/mol. The smallest absolute Gasteiger partial charge is 0.164 e. The number of ether oxygens (including phenoxy) is 1. The minimum Gasteiger partial charge on any atom is -0.365 e. The standard InChI is InChI=1S/C7H15BO2/c8-6-10-7(9)4-2-1-3-5-7/h9H,1-6,8H2. The van der Waals surface area contributed by atoms with Crippen molar-refractivity contribution >= 4 is 7.85 Å². The molecule has 0 aromatic rings. The van der Waals surface area contributed by atoms with Crippen LogP contribution in [0.3, 0.4) is 0 Å². The average Bonchev–Trinajstić information content (AvgIpc) is 1.89. The monoisotopic (exact) mass is 142 g/mol. The van der Waals surface area contributed by atoms with Gasteiger partial charge in [0.15, 0.2) is 5.79 Å². The Kier molecular flexibility index (Phi) is 2.75. The quantitative estimate of drug-likeness (QED) is 0.442. The van der Waals surface area contributed by atoms with E-state index in [1.54, 1.807) is 0 Å². The minimum atomic E-state index is -0.771. The fourth-order valence-corrected chi connectivity index (χ4v) is 1.52. The van der Waals surface area contributed by atoms with Gasteiger partial charge in [-0.2, -0.15) is 0 Å². The summed E-state index contributed by atoms with van der Waals surface area (Å²) >= 11 is 0. The SMILES string of the molecule is BCOC1(O)CCCCC1. The lowest BCUT2D eigenvalue weighted by Crippen LogP contribution is -2.34. The molecule has 1 N–H and O–H groups in total. The van der Waals surface area contributed by atoms with Crippen LogP contribution in [0.15, 0.2) is 0 Å². The Morgan fingerprint density at radius 2 is 1.90 bits per heavy atom. The summed E-state index contributed by atoms with van der Waals surface area (Å²) in [5, 5.41) is 9.65. The highest BCUT2D eigenvalue weighted by Gasteiger charge is 2.28. The van der Waals surface area contributed by atoms with E-state index in [0.29, 0.717) is 6.51 Å². The molecule has 2 nitrogen and oxygen atoms in total. The maximum Gasteiger partial charge on any atom is 0.164 e. The van der Waals surface area contributed by atoms with E-state index in [9.17, 15) is 5.11 Å². The van der Waals surface area contributed by atoms with Gasteiger partial charge in [0.05, 0.1) is 0 Å². The van der Waals surface area contributed by atoms with Crippen LogP contribution in [0.5, 0.6) is 0 Å². The largest absolute Gasteiger partial charge is 0.365 e. The lowest BCUT2D eigenvalue weighted by atomic mass is 9.94. The van der Waals surface area contributed by atoms with E-state index < -0.39 is 5.79 Å². The summed E-state index contributed by atoms with van der Waals surface area (Å²) in [5.74, 6) is -0.771. The molecule has 1 fully saturated rings. The van der Waals surface area contributed by atoms with Crippen molar-refractivity contribution < 1.29 is 9.84 Å². The third kappa shape index (κ3) is 1.99. The van der Waals surface area contributed by atoms with Gasteiger partial charge in [-0.05, 0) is 12.8 Å². The van der Waals surface area contributed by atoms with Gasteiger partial charge in [0.1, 0.15) is 7.85 Å². The highest BCUT2D eigenvalue weighted by Crippen LogP contribution is 2.28. The van der Waals surface area contributed by atoms with E-state index in [2.05, 4.69) is 0 Å². The van der Waals surface area contributed by atoms with Gasteiger partial charge >= 0.3 is 0 Å². The van der Waals surface area contributed by atoms with Crippen LogP contribution >= 0.6 is 0 Å². The molecule has 1 rings (SSSR count). The van der Waals surface area contributed by atoms with Crippen LogP contribution in [0.2, 0.25) is 0 Å². The summed E-state index contributed by atoms with van der Waals surface area (Å²) in [6.45, 7) is 0.622. The topological polar surface area (TPSA) is 29.5 Å². The highest BCUT2D eigenvalue weighted by molar-refractivity contribution is 6.08. The van der Waals surface area contributed by atoms with Gasteiger partial charge in [0.2, 0.25) is 0 Å². The maximum atomic E-state index is 9.65. The van der Waals surface area contributed by atoms with Crippen molar-refractivity contribution in [3.8, 4) is 0 Å². The van der Waals surface area contributed by atoms with Crippen LogP contribution in [0, 0.1) is 0 Å². The van der Waals surface area contributed by atoms with Crippen LogP contribution in [-0.2, 0) is 4.74 Å². The highest BCUT2D eigenvalue weighted by atomic mass is 16.6. The summed E-state index contributed by atoms with van der Waals surface area (Å²) < 4.78 is 5.23. The van der Waals surface area contributed by atoms with E-state index >= 15 is 0 Å². The molecule has 1 aliphatic carbocycles. The van der Waals surface area contributed by atoms with Crippen molar-refractivity contribution in [3.05, 3.63) is 0 Å². The van der Waals surface area contributed by atoms with Gasteiger partial charge in [-0.1, -0.05) is 6.42 Å². The number of aliphatic hydroxyl groups is 1. The molecule has 0 radical (unpaired) electrons. The Balaban J connectivity index is 2.32. The van der Waals surface area contributed by atoms with Gasteiger partial charge in [0, 0.05) is 19.3 Å². The van der Waals surface area contributed by atoms with Crippen LogP contribution in [0.1, 0.15) is 32.1 Å². The zero-order valence-corrected chi connectivity index (χ0v) is 6.60. The first-order valence-corrected chi connectivity index (χ1v) is 4.13. The van der Waals surface area contributed by atoms with Crippen molar-refractivity contribution in [2.24, 2.45) is 0 Å². The van der Waals surface area contributed by atoms with Gasteiger partial charge < -0.3 is 9.84 Å². The molecule has 58 valence electrons. The number of rotatable bonds is 2. The van der Waals surface area contributed by atoms with Crippen molar-refractivity contribution in [1.82, 2.24) is 0 Å². The second-order valence-electron chi connectivity index (χ2n) is 2.94. The Morgan fingerprint density at radius 3 is 2.40 bits per heavy atom. The van der Waals surface area contributed by atoms with E-state index in [-0.39, 0.29) is 0 Å². The third-order valence-corrected chi connectivity index (χ3v) is 2.05. The summed E-state index contributed by atoms with van der Waals surface area (Å²) in [6.07, 6.45) is 5.10. The van der Waals surface area contributed by atoms with E-state index in [1.807, 2.05) is 7.85 Å². The number of hydrogen-bond acceptors (Lipinski definition) is 2. The van der Waals surface area contributed by atoms with Gasteiger partial charge in [0.25, 0.3) is 0 Å². The molecule has 0 aromatic heterocycles. The molecule has 10 heavy (non-hydrogen) atoms. The third-order valence-electron chi connectivity index (χ3n) is 2.05. The Hall–Kier alpha value is -0.0151. The first-order valence-electron chi connectivity index (χ1n) is 4.13. The first-order chi connectivity index (χ1) is 4.77. The lowest BCUT2D eigenvalue weighted by molar-refractivity contribution is -0.208. The van der Waals surface area contributed by atoms with Crippen molar-refractivity contribution in [2.45, 2.75) is 37.9 Å². The fraction of sp³-hybridized carbons (Fsp3) is 1.00. The van der Waals surface area contributed by atoms with Gasteiger partial charge in [-0.25, -0.2) is 0 Å². The summed E-state index contributed by atoms with van der Waals surface area (Å²) in [5.41, 5.74) is 0. The average molecular weight is 142 g/mol. The second-order valence-corrected chi connectivity index (χ2v) is 2.94. The van der Waals surface area contributed by atoms with Crippen LogP contribution < -0.4 is 0 Å². The summed E-state index contributed by atoms with van der Waals surface area (Å²) in [4.78, 5) is 0. The normalized spacial score (nSPS) is 24.5. The van der Waals surface area contributed by atoms with Crippen LogP contribution in [-0.4, -0.2) is 25.2 Å². The molecule has 0 unspecified atom stereocenters. The summed E-state index contributed by atoms with van der Waals surface area (Å²) in [7, 11) is 1.92. The molecule has 0 bridgehead atoms. The fourth-order valence-electron chi connectivity index (χ4n) is 1.52. The van der Waals surface area contributed by atoms with Crippen molar-refractivity contribution in [1.29, 1.82) is 0 Å². The zero-order chi connectivity index (χ0) is 7.45. The minimum absolute atomic E-state index is 0.622. The van der Waals surface area contributed by atoms with E-state index in [0.717, 1.165) is 25.7 Å². The maximum absolute atomic E-state index is 9.65. The molecule has 0 saturated heterocycles. The molecule has 0 heterocycles. The molecule has 0 spiro atoms. The first kappa shape index (κ1) is 8.09. The van der Waals surface area contributed by atoms with E-state index in [1.165, 1.54) is 6.42 Å². The molecule has 3 heteroatoms. The lowest BCUT2D eigenvalue weighted by Gasteiger charge is -2.31. The van der Waals surface area contributed by atoms with Crippen LogP contribution in [0.4, 0.5) is 0 Å². The molecule has 1 saturated carbocycles. The number of hydrogen-bond donors (Lipinski definition) is 1. The van der Waals surface area contributed by atoms with Crippen molar-refractivity contribution in [2.75, 3.05) is 6.51 Å². The predicted octanol–water partition coefficient (Wildman–Crippen LogP) is 0.246. The zero-order valence-electron chi connectivity index (χ0n) is 6.60. The van der Waals surface area contributed by atoms with E-state index in [4.69, 9.17) is 4.74 Å². The molecule has 1 aliphatic rings. The molecular formula is C7H15BO2. The summed E-state index contributed by atoms with van der Waals surface area (Å²) in [6, 6.07) is 0.